The Balaban J connectivity index is 2.53. The zero-order valence-corrected chi connectivity index (χ0v) is 12.0. The molecule has 0 aliphatic carbocycles. The Morgan fingerprint density at radius 3 is 2.00 bits per heavy atom. The molecular weight excluding hydrogens is 198 g/mol. The van der Waals surface area contributed by atoms with Gasteiger partial charge in [0.25, 0.3) is 0 Å². The molecule has 0 radical (unpaired) electrons. The highest BCUT2D eigenvalue weighted by atomic mass is 16.5. The molecule has 1 fully saturated rings. The number of rotatable bonds is 3. The Labute approximate surface area is 101 Å². The fourth-order valence-electron chi connectivity index (χ4n) is 2.12. The lowest BCUT2D eigenvalue weighted by Gasteiger charge is -2.47. The van der Waals surface area contributed by atoms with Gasteiger partial charge in [-0.3, -0.25) is 0 Å². The van der Waals surface area contributed by atoms with Gasteiger partial charge in [-0.25, -0.2) is 0 Å². The number of hydrogen-bond donors (Lipinski definition) is 0. The first kappa shape index (κ1) is 14.0. The fourth-order valence-corrected chi connectivity index (χ4v) is 2.12. The molecule has 0 aromatic carbocycles. The van der Waals surface area contributed by atoms with Gasteiger partial charge in [-0.1, -0.05) is 20.8 Å². The predicted octanol–water partition coefficient (Wildman–Crippen LogP) is 3.17. The van der Waals surface area contributed by atoms with E-state index in [1.54, 1.807) is 0 Å². The minimum Gasteiger partial charge on any atom is -0.381 e. The monoisotopic (exact) mass is 227 g/mol. The average Bonchev–Trinajstić information content (AvgIpc) is 2.17. The molecule has 0 N–H and O–H groups in total. The van der Waals surface area contributed by atoms with E-state index in [2.05, 4.69) is 46.6 Å². The molecule has 2 nitrogen and oxygen atoms in total. The summed E-state index contributed by atoms with van der Waals surface area (Å²) >= 11 is 0. The van der Waals surface area contributed by atoms with Crippen LogP contribution in [0.1, 0.15) is 47.5 Å². The van der Waals surface area contributed by atoms with Crippen molar-refractivity contribution < 1.29 is 4.74 Å². The summed E-state index contributed by atoms with van der Waals surface area (Å²) in [5.41, 5.74) is 0.554. The van der Waals surface area contributed by atoms with E-state index in [0.717, 1.165) is 19.1 Å². The summed E-state index contributed by atoms with van der Waals surface area (Å²) in [6.07, 6.45) is 2.45. The summed E-state index contributed by atoms with van der Waals surface area (Å²) in [5.74, 6) is 0.820. The molecule has 1 aliphatic rings. The van der Waals surface area contributed by atoms with Crippen molar-refractivity contribution in [2.24, 2.45) is 11.3 Å². The van der Waals surface area contributed by atoms with Crippen molar-refractivity contribution in [3.05, 3.63) is 0 Å². The molecule has 0 unspecified atom stereocenters. The van der Waals surface area contributed by atoms with E-state index in [4.69, 9.17) is 4.74 Å². The Morgan fingerprint density at radius 2 is 1.56 bits per heavy atom. The molecule has 0 aromatic rings. The second-order valence-corrected chi connectivity index (χ2v) is 6.75. The minimum absolute atomic E-state index is 0.241. The molecular formula is C14H29NO. The van der Waals surface area contributed by atoms with Crippen LogP contribution < -0.4 is 0 Å². The largest absolute Gasteiger partial charge is 0.381 e. The maximum Gasteiger partial charge on any atom is 0.0469 e. The second kappa shape index (κ2) is 5.05. The molecule has 1 aliphatic heterocycles. The molecule has 0 amide bonds. The zero-order chi connectivity index (χ0) is 12.4. The van der Waals surface area contributed by atoms with Crippen molar-refractivity contribution in [3.8, 4) is 0 Å². The molecule has 1 heterocycles. The van der Waals surface area contributed by atoms with Gasteiger partial charge >= 0.3 is 0 Å². The van der Waals surface area contributed by atoms with Crippen LogP contribution >= 0.6 is 0 Å². The van der Waals surface area contributed by atoms with Crippen LogP contribution in [0, 0.1) is 11.3 Å². The summed E-state index contributed by atoms with van der Waals surface area (Å²) in [6.45, 7) is 14.8. The molecule has 1 rings (SSSR count). The van der Waals surface area contributed by atoms with E-state index < -0.39 is 0 Å². The van der Waals surface area contributed by atoms with Crippen LogP contribution in [0.3, 0.4) is 0 Å². The van der Waals surface area contributed by atoms with Crippen LogP contribution in [-0.2, 0) is 4.74 Å². The molecule has 16 heavy (non-hydrogen) atoms. The molecule has 0 atom stereocenters. The zero-order valence-electron chi connectivity index (χ0n) is 12.0. The summed E-state index contributed by atoms with van der Waals surface area (Å²) in [6, 6.07) is 0. The predicted molar refractivity (Wildman–Crippen MR) is 69.7 cm³/mol. The van der Waals surface area contributed by atoms with Crippen molar-refractivity contribution in [1.29, 1.82) is 0 Å². The summed E-state index contributed by atoms with van der Waals surface area (Å²) in [7, 11) is 2.26. The van der Waals surface area contributed by atoms with E-state index in [9.17, 15) is 0 Å². The van der Waals surface area contributed by atoms with Gasteiger partial charge in [0, 0.05) is 25.3 Å². The first-order valence-corrected chi connectivity index (χ1v) is 6.54. The Morgan fingerprint density at radius 1 is 1.06 bits per heavy atom. The van der Waals surface area contributed by atoms with Crippen molar-refractivity contribution in [2.75, 3.05) is 26.8 Å². The van der Waals surface area contributed by atoms with E-state index >= 15 is 0 Å². The van der Waals surface area contributed by atoms with Gasteiger partial charge < -0.3 is 9.64 Å². The Hall–Kier alpha value is -0.0800. The molecule has 2 heteroatoms. The lowest BCUT2D eigenvalue weighted by Crippen LogP contribution is -2.52. The van der Waals surface area contributed by atoms with Gasteiger partial charge in [0.15, 0.2) is 0 Å². The highest BCUT2D eigenvalue weighted by molar-refractivity contribution is 4.91. The topological polar surface area (TPSA) is 12.5 Å². The van der Waals surface area contributed by atoms with Gasteiger partial charge in [0.1, 0.15) is 0 Å². The second-order valence-electron chi connectivity index (χ2n) is 6.75. The molecule has 0 aromatic heterocycles. The lowest BCUT2D eigenvalue weighted by atomic mass is 9.75. The van der Waals surface area contributed by atoms with Crippen molar-refractivity contribution in [3.63, 3.8) is 0 Å². The highest BCUT2D eigenvalue weighted by Gasteiger charge is 2.37. The average molecular weight is 227 g/mol. The smallest absolute Gasteiger partial charge is 0.0469 e. The van der Waals surface area contributed by atoms with Gasteiger partial charge in [0.05, 0.1) is 0 Å². The Bertz CT molecular complexity index is 211. The standard InChI is InChI=1S/C14H29NO/c1-13(2,3)14(4,5)15(6)11-12-7-9-16-10-8-12/h12H,7-11H2,1-6H3. The van der Waals surface area contributed by atoms with E-state index in [1.807, 2.05) is 0 Å². The summed E-state index contributed by atoms with van der Waals surface area (Å²) in [5, 5.41) is 0. The highest BCUT2D eigenvalue weighted by Crippen LogP contribution is 2.35. The van der Waals surface area contributed by atoms with Gasteiger partial charge in [0.2, 0.25) is 0 Å². The van der Waals surface area contributed by atoms with Gasteiger partial charge in [-0.15, -0.1) is 0 Å². The maximum absolute atomic E-state index is 5.42. The first-order chi connectivity index (χ1) is 7.25. The van der Waals surface area contributed by atoms with Crippen LogP contribution in [-0.4, -0.2) is 37.2 Å². The third kappa shape index (κ3) is 3.21. The third-order valence-corrected chi connectivity index (χ3v) is 4.66. The quantitative estimate of drug-likeness (QED) is 0.734. The number of hydrogen-bond acceptors (Lipinski definition) is 2. The van der Waals surface area contributed by atoms with Crippen LogP contribution in [0.2, 0.25) is 0 Å². The molecule has 0 saturated carbocycles. The third-order valence-electron chi connectivity index (χ3n) is 4.66. The number of ether oxygens (including phenoxy) is 1. The van der Waals surface area contributed by atoms with Crippen LogP contribution in [0.4, 0.5) is 0 Å². The minimum atomic E-state index is 0.241. The first-order valence-electron chi connectivity index (χ1n) is 6.54. The maximum atomic E-state index is 5.42. The van der Waals surface area contributed by atoms with Crippen LogP contribution in [0.25, 0.3) is 0 Å². The lowest BCUT2D eigenvalue weighted by molar-refractivity contribution is 0.00455. The summed E-state index contributed by atoms with van der Waals surface area (Å²) in [4.78, 5) is 2.53. The van der Waals surface area contributed by atoms with Crippen LogP contribution in [0.15, 0.2) is 0 Å². The number of nitrogens with zero attached hydrogens (tertiary/aromatic N) is 1. The van der Waals surface area contributed by atoms with E-state index in [1.165, 1.54) is 19.4 Å². The van der Waals surface area contributed by atoms with Gasteiger partial charge in [-0.05, 0) is 45.1 Å². The fraction of sp³-hybridized carbons (Fsp3) is 1.00. The van der Waals surface area contributed by atoms with Crippen molar-refractivity contribution in [1.82, 2.24) is 4.90 Å². The molecule has 0 spiro atoms. The van der Waals surface area contributed by atoms with Gasteiger partial charge in [-0.2, -0.15) is 0 Å². The SMILES string of the molecule is CN(CC1CCOCC1)C(C)(C)C(C)(C)C. The Kier molecular flexibility index (Phi) is 4.42. The normalized spacial score (nSPS) is 20.4. The van der Waals surface area contributed by atoms with E-state index in [-0.39, 0.29) is 5.54 Å². The van der Waals surface area contributed by atoms with Crippen LogP contribution in [0.5, 0.6) is 0 Å². The summed E-state index contributed by atoms with van der Waals surface area (Å²) < 4.78 is 5.42. The molecule has 0 bridgehead atoms. The van der Waals surface area contributed by atoms with Crippen molar-refractivity contribution in [2.45, 2.75) is 53.0 Å². The van der Waals surface area contributed by atoms with Crippen molar-refractivity contribution >= 4 is 0 Å². The molecule has 96 valence electrons. The molecule has 1 saturated heterocycles. The van der Waals surface area contributed by atoms with E-state index in [0.29, 0.717) is 5.41 Å².